The molecule has 2 aliphatic rings. The Morgan fingerprint density at radius 2 is 1.25 bits per heavy atom. The van der Waals surface area contributed by atoms with Crippen LogP contribution in [0.1, 0.15) is 57.3 Å². The molecule has 0 fully saturated rings. The number of benzene rings is 2. The van der Waals surface area contributed by atoms with Gasteiger partial charge >= 0.3 is 0 Å². The molecule has 12 nitrogen and oxygen atoms in total. The summed E-state index contributed by atoms with van der Waals surface area (Å²) in [7, 11) is 0. The number of aromatic amines is 2. The number of rotatable bonds is 6. The Labute approximate surface area is 306 Å². The lowest BCUT2D eigenvalue weighted by molar-refractivity contribution is 0.0937. The zero-order chi connectivity index (χ0) is 37.8. The molecule has 6 aromatic rings. The van der Waals surface area contributed by atoms with Crippen LogP contribution in [0.5, 0.6) is 0 Å². The zero-order valence-corrected chi connectivity index (χ0v) is 30.3. The second-order valence-electron chi connectivity index (χ2n) is 13.2. The molecule has 272 valence electrons. The van der Waals surface area contributed by atoms with Crippen molar-refractivity contribution in [3.8, 4) is 22.5 Å². The molecule has 2 aliphatic heterocycles. The molecule has 8 rings (SSSR count). The Hall–Kier alpha value is -6.21. The number of nitrogens with one attached hydrogen (secondary N) is 5. The van der Waals surface area contributed by atoms with Crippen LogP contribution in [0, 0.1) is 19.8 Å². The van der Waals surface area contributed by atoms with Crippen molar-refractivity contribution in [1.82, 2.24) is 40.5 Å². The molecule has 0 bridgehead atoms. The van der Waals surface area contributed by atoms with Crippen LogP contribution in [0.15, 0.2) is 72.8 Å². The van der Waals surface area contributed by atoms with E-state index in [1.165, 1.54) is 0 Å². The molecule has 0 atom stereocenters. The van der Waals surface area contributed by atoms with Crippen molar-refractivity contribution in [2.75, 3.05) is 31.5 Å². The monoisotopic (exact) mass is 714 g/mol. The van der Waals surface area contributed by atoms with Gasteiger partial charge in [0.25, 0.3) is 11.8 Å². The first-order valence-electron chi connectivity index (χ1n) is 17.4. The van der Waals surface area contributed by atoms with Gasteiger partial charge in [-0.3, -0.25) is 9.59 Å². The van der Waals surface area contributed by atoms with E-state index < -0.39 is 5.95 Å². The van der Waals surface area contributed by atoms with E-state index in [2.05, 4.69) is 54.0 Å². The summed E-state index contributed by atoms with van der Waals surface area (Å²) in [6, 6.07) is 15.1. The fraction of sp³-hybridized carbons (Fsp3) is 0.250. The molecular formula is C40H43FN10O2. The van der Waals surface area contributed by atoms with Crippen molar-refractivity contribution in [3.05, 3.63) is 113 Å². The molecule has 2 aromatic carbocycles. The van der Waals surface area contributed by atoms with E-state index in [9.17, 15) is 14.0 Å². The van der Waals surface area contributed by atoms with Crippen LogP contribution in [-0.2, 0) is 12.8 Å². The van der Waals surface area contributed by atoms with Crippen LogP contribution in [0.3, 0.4) is 0 Å². The average Bonchev–Trinajstić information content (AvgIpc) is 3.78. The van der Waals surface area contributed by atoms with Gasteiger partial charge < -0.3 is 31.7 Å². The number of amides is 2. The number of hydrogen-bond acceptors (Lipinski definition) is 8. The minimum Gasteiger partial charge on any atom is -0.365 e. The van der Waals surface area contributed by atoms with E-state index in [-0.39, 0.29) is 17.5 Å². The summed E-state index contributed by atoms with van der Waals surface area (Å²) < 4.78 is 13.8. The highest BCUT2D eigenvalue weighted by molar-refractivity contribution is 6.00. The Morgan fingerprint density at radius 3 is 1.72 bits per heavy atom. The van der Waals surface area contributed by atoms with Crippen molar-refractivity contribution in [2.45, 2.75) is 40.5 Å². The maximum absolute atomic E-state index is 13.8. The second-order valence-corrected chi connectivity index (χ2v) is 13.2. The normalized spacial score (nSPS) is 13.1. The summed E-state index contributed by atoms with van der Waals surface area (Å²) in [6.45, 7) is 17.4. The molecule has 6 heterocycles. The van der Waals surface area contributed by atoms with Crippen molar-refractivity contribution in [3.63, 3.8) is 0 Å². The molecule has 0 radical (unpaired) electrons. The number of carbonyl (C=O) groups is 2. The number of halogens is 1. The van der Waals surface area contributed by atoms with Gasteiger partial charge in [0.2, 0.25) is 5.95 Å². The molecule has 0 saturated carbocycles. The third-order valence-corrected chi connectivity index (χ3v) is 8.78. The number of carbonyl (C=O) groups excluding carboxylic acids is 2. The fourth-order valence-corrected chi connectivity index (χ4v) is 6.02. The molecule has 53 heavy (non-hydrogen) atoms. The van der Waals surface area contributed by atoms with Crippen molar-refractivity contribution in [2.24, 2.45) is 5.73 Å². The zero-order valence-electron chi connectivity index (χ0n) is 30.3. The first kappa shape index (κ1) is 36.6. The average molecular weight is 715 g/mol. The molecule has 2 amide bonds. The number of nitrogens with two attached hydrogens (primary N) is 1. The number of nitrogens with zero attached hydrogens (tertiary/aromatic N) is 4. The van der Waals surface area contributed by atoms with Gasteiger partial charge in [-0.05, 0) is 52.0 Å². The summed E-state index contributed by atoms with van der Waals surface area (Å²) in [5, 5.41) is 8.98. The van der Waals surface area contributed by atoms with E-state index in [1.54, 1.807) is 19.1 Å². The topological polar surface area (TPSA) is 179 Å². The van der Waals surface area contributed by atoms with E-state index in [0.29, 0.717) is 48.3 Å². The quantitative estimate of drug-likeness (QED) is 0.112. The lowest BCUT2D eigenvalue weighted by Gasteiger charge is -2.11. The summed E-state index contributed by atoms with van der Waals surface area (Å²) in [4.78, 5) is 48.3. The first-order valence-corrected chi connectivity index (χ1v) is 17.4. The number of hydrogen-bond donors (Lipinski definition) is 6. The summed E-state index contributed by atoms with van der Waals surface area (Å²) in [6.07, 6.45) is 1.56. The standard InChI is InChI=1S/C20H21N5O.C16H13FN4O.C4H9N/c1-11(2)10-22-19-12(3)23-16-6-4-5-13(18(16)25-19)17-9-14-15(24-17)7-8-21-20(14)26;1-8-15(17)21-14-9(3-2-4-12(14)19-8)13-7-10-11(20-13)5-6-18-16(10)22;1-4(2)3-5/h4-6,9,24H,1,7-8,10H2,2-3H3,(H,21,26)(H,22,25);2-4,7,20H,5-6H2,1H3,(H,18,22);1,3,5H2,2H3. The summed E-state index contributed by atoms with van der Waals surface area (Å²) in [5.74, 6) is 0.0628. The van der Waals surface area contributed by atoms with Gasteiger partial charge in [-0.2, -0.15) is 4.39 Å². The van der Waals surface area contributed by atoms with Crippen molar-refractivity contribution < 1.29 is 14.0 Å². The molecular weight excluding hydrogens is 672 g/mol. The van der Waals surface area contributed by atoms with Gasteiger partial charge in [0.15, 0.2) is 0 Å². The maximum Gasteiger partial charge on any atom is 0.253 e. The predicted molar refractivity (Wildman–Crippen MR) is 207 cm³/mol. The van der Waals surface area contributed by atoms with Crippen LogP contribution in [0.25, 0.3) is 44.6 Å². The highest BCUT2D eigenvalue weighted by Crippen LogP contribution is 2.31. The van der Waals surface area contributed by atoms with E-state index >= 15 is 0 Å². The second kappa shape index (κ2) is 15.6. The Kier molecular flexibility index (Phi) is 10.8. The number of aromatic nitrogens is 6. The van der Waals surface area contributed by atoms with Gasteiger partial charge in [-0.25, -0.2) is 19.9 Å². The van der Waals surface area contributed by atoms with Gasteiger partial charge in [-0.1, -0.05) is 48.6 Å². The first-order chi connectivity index (χ1) is 25.4. The van der Waals surface area contributed by atoms with Crippen molar-refractivity contribution >= 4 is 39.7 Å². The summed E-state index contributed by atoms with van der Waals surface area (Å²) >= 11 is 0. The Morgan fingerprint density at radius 1 is 0.755 bits per heavy atom. The number of H-pyrrole nitrogens is 2. The highest BCUT2D eigenvalue weighted by atomic mass is 19.1. The Balaban J connectivity index is 0.000000163. The van der Waals surface area contributed by atoms with Crippen LogP contribution < -0.4 is 21.7 Å². The van der Waals surface area contributed by atoms with Crippen LogP contribution >= 0.6 is 0 Å². The summed E-state index contributed by atoms with van der Waals surface area (Å²) in [5.41, 5.74) is 17.6. The molecule has 0 spiro atoms. The van der Waals surface area contributed by atoms with E-state index in [4.69, 9.17) is 10.7 Å². The van der Waals surface area contributed by atoms with Gasteiger partial charge in [0.1, 0.15) is 16.9 Å². The smallest absolute Gasteiger partial charge is 0.253 e. The van der Waals surface area contributed by atoms with Gasteiger partial charge in [0, 0.05) is 72.9 Å². The molecule has 0 saturated heterocycles. The van der Waals surface area contributed by atoms with Gasteiger partial charge in [0.05, 0.1) is 33.5 Å². The van der Waals surface area contributed by atoms with Crippen LogP contribution in [-0.4, -0.2) is 67.9 Å². The molecule has 0 aliphatic carbocycles. The molecule has 7 N–H and O–H groups in total. The minimum atomic E-state index is -0.575. The lowest BCUT2D eigenvalue weighted by Crippen LogP contribution is -2.31. The molecule has 4 aromatic heterocycles. The number of fused-ring (bicyclic) bond motifs is 4. The van der Waals surface area contributed by atoms with Crippen molar-refractivity contribution in [1.29, 1.82) is 0 Å². The number of aryl methyl sites for hydroxylation is 2. The highest BCUT2D eigenvalue weighted by Gasteiger charge is 2.23. The van der Waals surface area contributed by atoms with E-state index in [1.807, 2.05) is 57.2 Å². The van der Waals surface area contributed by atoms with E-state index in [0.717, 1.165) is 80.4 Å². The number of anilines is 1. The lowest BCUT2D eigenvalue weighted by atomic mass is 10.1. The van der Waals surface area contributed by atoms with Gasteiger partial charge in [-0.15, -0.1) is 0 Å². The minimum absolute atomic E-state index is 0.0280. The number of para-hydroxylation sites is 2. The Bertz CT molecular complexity index is 2390. The largest absolute Gasteiger partial charge is 0.365 e. The fourth-order valence-electron chi connectivity index (χ4n) is 6.02. The molecule has 0 unspecified atom stereocenters. The van der Waals surface area contributed by atoms with Crippen LogP contribution in [0.4, 0.5) is 10.2 Å². The third-order valence-electron chi connectivity index (χ3n) is 8.78. The molecule has 13 heteroatoms. The maximum atomic E-state index is 13.8. The predicted octanol–water partition coefficient (Wildman–Crippen LogP) is 6.09. The van der Waals surface area contributed by atoms with Crippen LogP contribution in [0.2, 0.25) is 0 Å². The SMILES string of the molecule is C=C(C)CN.C=C(C)CNc1nc2c(-c3cc4c([nH]3)CCNC4=O)cccc2nc1C.Cc1nc2cccc(-c3cc4c([nH]3)CCNC4=O)c2nc1F. The third kappa shape index (κ3) is 8.00.